The highest BCUT2D eigenvalue weighted by Gasteiger charge is 2.30. The minimum atomic E-state index is -0.122. The monoisotopic (exact) mass is 207 g/mol. The molecule has 2 heterocycles. The standard InChI is InChI=1S/C11H13NO3/c1-8(13)9-4-5-12(7-9)11(14)10-3-2-6-15-10/h2-3,6,9H,4-5,7H2,1H3/t9-/m0/s1. The Morgan fingerprint density at radius 3 is 2.87 bits per heavy atom. The topological polar surface area (TPSA) is 50.5 Å². The van der Waals surface area contributed by atoms with Crippen LogP contribution in [0.5, 0.6) is 0 Å². The molecule has 1 fully saturated rings. The Kier molecular flexibility index (Phi) is 2.58. The average Bonchev–Trinajstić information content (AvgIpc) is 2.88. The van der Waals surface area contributed by atoms with Gasteiger partial charge < -0.3 is 9.32 Å². The lowest BCUT2D eigenvalue weighted by Gasteiger charge is -2.13. The molecule has 0 saturated carbocycles. The van der Waals surface area contributed by atoms with Gasteiger partial charge in [-0.1, -0.05) is 0 Å². The van der Waals surface area contributed by atoms with Gasteiger partial charge in [0, 0.05) is 19.0 Å². The Hall–Kier alpha value is -1.58. The Labute approximate surface area is 87.9 Å². The van der Waals surface area contributed by atoms with E-state index in [1.54, 1.807) is 24.0 Å². The van der Waals surface area contributed by atoms with Crippen LogP contribution in [0.2, 0.25) is 0 Å². The predicted molar refractivity (Wildman–Crippen MR) is 53.4 cm³/mol. The SMILES string of the molecule is CC(=O)[C@H]1CCN(C(=O)c2ccco2)C1. The molecule has 15 heavy (non-hydrogen) atoms. The van der Waals surface area contributed by atoms with Gasteiger partial charge in [-0.05, 0) is 25.5 Å². The maximum absolute atomic E-state index is 11.8. The summed E-state index contributed by atoms with van der Waals surface area (Å²) in [7, 11) is 0. The van der Waals surface area contributed by atoms with Gasteiger partial charge in [0.2, 0.25) is 0 Å². The van der Waals surface area contributed by atoms with Crippen molar-refractivity contribution in [1.29, 1.82) is 0 Å². The summed E-state index contributed by atoms with van der Waals surface area (Å²) in [6.07, 6.45) is 2.24. The molecule has 4 heteroatoms. The van der Waals surface area contributed by atoms with Crippen LogP contribution in [0.15, 0.2) is 22.8 Å². The molecule has 2 rings (SSSR count). The summed E-state index contributed by atoms with van der Waals surface area (Å²) in [6.45, 7) is 2.74. The molecule has 1 amide bonds. The normalized spacial score (nSPS) is 20.6. The number of Topliss-reactive ketones (excluding diaryl/α,β-unsaturated/α-hetero) is 1. The molecule has 80 valence electrons. The number of likely N-dealkylation sites (tertiary alicyclic amines) is 1. The van der Waals surface area contributed by atoms with E-state index >= 15 is 0 Å². The number of amides is 1. The van der Waals surface area contributed by atoms with E-state index in [0.717, 1.165) is 6.42 Å². The molecule has 4 nitrogen and oxygen atoms in total. The number of nitrogens with zero attached hydrogens (tertiary/aromatic N) is 1. The second-order valence-corrected chi connectivity index (χ2v) is 3.82. The van der Waals surface area contributed by atoms with E-state index < -0.39 is 0 Å². The zero-order valence-electron chi connectivity index (χ0n) is 8.60. The fraction of sp³-hybridized carbons (Fsp3) is 0.455. The highest BCUT2D eigenvalue weighted by atomic mass is 16.3. The minimum Gasteiger partial charge on any atom is -0.459 e. The Morgan fingerprint density at radius 2 is 2.33 bits per heavy atom. The molecule has 1 atom stereocenters. The van der Waals surface area contributed by atoms with E-state index in [-0.39, 0.29) is 17.6 Å². The van der Waals surface area contributed by atoms with Crippen molar-refractivity contribution in [3.8, 4) is 0 Å². The van der Waals surface area contributed by atoms with Crippen LogP contribution >= 0.6 is 0 Å². The van der Waals surface area contributed by atoms with Crippen molar-refractivity contribution in [3.05, 3.63) is 24.2 Å². The first-order valence-corrected chi connectivity index (χ1v) is 5.01. The van der Waals surface area contributed by atoms with E-state index in [1.165, 1.54) is 6.26 Å². The van der Waals surface area contributed by atoms with Gasteiger partial charge in [0.25, 0.3) is 5.91 Å². The summed E-state index contributed by atoms with van der Waals surface area (Å²) >= 11 is 0. The highest BCUT2D eigenvalue weighted by molar-refractivity contribution is 5.92. The molecular weight excluding hydrogens is 194 g/mol. The van der Waals surface area contributed by atoms with Crippen LogP contribution in [-0.2, 0) is 4.79 Å². The van der Waals surface area contributed by atoms with Gasteiger partial charge in [-0.2, -0.15) is 0 Å². The molecule has 1 aromatic heterocycles. The van der Waals surface area contributed by atoms with Crippen molar-refractivity contribution in [2.45, 2.75) is 13.3 Å². The van der Waals surface area contributed by atoms with E-state index in [2.05, 4.69) is 0 Å². The van der Waals surface area contributed by atoms with Crippen molar-refractivity contribution in [2.75, 3.05) is 13.1 Å². The van der Waals surface area contributed by atoms with Crippen molar-refractivity contribution in [3.63, 3.8) is 0 Å². The molecule has 1 aromatic rings. The minimum absolute atomic E-state index is 0.00362. The molecule has 1 aliphatic heterocycles. The Bertz CT molecular complexity index is 369. The molecule has 1 aliphatic rings. The van der Waals surface area contributed by atoms with E-state index in [4.69, 9.17) is 4.42 Å². The van der Waals surface area contributed by atoms with Gasteiger partial charge in [0.15, 0.2) is 5.76 Å². The zero-order valence-corrected chi connectivity index (χ0v) is 8.60. The van der Waals surface area contributed by atoms with E-state index in [0.29, 0.717) is 18.8 Å². The van der Waals surface area contributed by atoms with Gasteiger partial charge in [-0.25, -0.2) is 0 Å². The molecular formula is C11H13NO3. The van der Waals surface area contributed by atoms with Gasteiger partial charge in [0.05, 0.1) is 6.26 Å². The number of hydrogen-bond acceptors (Lipinski definition) is 3. The van der Waals surface area contributed by atoms with Crippen molar-refractivity contribution in [1.82, 2.24) is 4.90 Å². The summed E-state index contributed by atoms with van der Waals surface area (Å²) < 4.78 is 5.03. The summed E-state index contributed by atoms with van der Waals surface area (Å²) in [4.78, 5) is 24.6. The lowest BCUT2D eigenvalue weighted by atomic mass is 10.1. The Morgan fingerprint density at radius 1 is 1.53 bits per heavy atom. The molecule has 0 unspecified atom stereocenters. The largest absolute Gasteiger partial charge is 0.459 e. The van der Waals surface area contributed by atoms with Gasteiger partial charge in [-0.3, -0.25) is 9.59 Å². The molecule has 0 radical (unpaired) electrons. The molecule has 0 aromatic carbocycles. The smallest absolute Gasteiger partial charge is 0.289 e. The van der Waals surface area contributed by atoms with Crippen molar-refractivity contribution < 1.29 is 14.0 Å². The first kappa shape index (κ1) is 9.96. The molecule has 0 spiro atoms. The fourth-order valence-corrected chi connectivity index (χ4v) is 1.83. The van der Waals surface area contributed by atoms with Gasteiger partial charge >= 0.3 is 0 Å². The maximum atomic E-state index is 11.8. The van der Waals surface area contributed by atoms with Crippen molar-refractivity contribution >= 4 is 11.7 Å². The number of rotatable bonds is 2. The number of furan rings is 1. The third-order valence-corrected chi connectivity index (χ3v) is 2.78. The van der Waals surface area contributed by atoms with Crippen LogP contribution in [0.4, 0.5) is 0 Å². The summed E-state index contributed by atoms with van der Waals surface area (Å²) in [5.74, 6) is 0.386. The number of ketones is 1. The second kappa shape index (κ2) is 3.88. The quantitative estimate of drug-likeness (QED) is 0.735. The third kappa shape index (κ3) is 1.93. The molecule has 0 N–H and O–H groups in total. The first-order valence-electron chi connectivity index (χ1n) is 5.01. The van der Waals surface area contributed by atoms with Crippen LogP contribution in [0.25, 0.3) is 0 Å². The number of hydrogen-bond donors (Lipinski definition) is 0. The number of carbonyl (C=O) groups excluding carboxylic acids is 2. The second-order valence-electron chi connectivity index (χ2n) is 3.82. The predicted octanol–water partition coefficient (Wildman–Crippen LogP) is 1.33. The maximum Gasteiger partial charge on any atom is 0.289 e. The van der Waals surface area contributed by atoms with Crippen LogP contribution < -0.4 is 0 Å². The summed E-state index contributed by atoms with van der Waals surface area (Å²) in [5.41, 5.74) is 0. The van der Waals surface area contributed by atoms with E-state index in [1.807, 2.05) is 0 Å². The average molecular weight is 207 g/mol. The van der Waals surface area contributed by atoms with Crippen LogP contribution in [0, 0.1) is 5.92 Å². The molecule has 0 aliphatic carbocycles. The Balaban J connectivity index is 2.02. The molecule has 1 saturated heterocycles. The molecule has 0 bridgehead atoms. The first-order chi connectivity index (χ1) is 7.18. The summed E-state index contributed by atoms with van der Waals surface area (Å²) in [5, 5.41) is 0. The third-order valence-electron chi connectivity index (χ3n) is 2.78. The van der Waals surface area contributed by atoms with Crippen molar-refractivity contribution in [2.24, 2.45) is 5.92 Å². The zero-order chi connectivity index (χ0) is 10.8. The van der Waals surface area contributed by atoms with Gasteiger partial charge in [0.1, 0.15) is 5.78 Å². The van der Waals surface area contributed by atoms with Crippen LogP contribution in [0.3, 0.4) is 0 Å². The fourth-order valence-electron chi connectivity index (χ4n) is 1.83. The lowest BCUT2D eigenvalue weighted by molar-refractivity contribution is -0.120. The van der Waals surface area contributed by atoms with Crippen LogP contribution in [0.1, 0.15) is 23.9 Å². The van der Waals surface area contributed by atoms with Crippen LogP contribution in [-0.4, -0.2) is 29.7 Å². The lowest BCUT2D eigenvalue weighted by Crippen LogP contribution is -2.29. The summed E-state index contributed by atoms with van der Waals surface area (Å²) in [6, 6.07) is 3.33. The highest BCUT2D eigenvalue weighted by Crippen LogP contribution is 2.19. The van der Waals surface area contributed by atoms with E-state index in [9.17, 15) is 9.59 Å². The van der Waals surface area contributed by atoms with Gasteiger partial charge in [-0.15, -0.1) is 0 Å². The number of carbonyl (C=O) groups is 2.